The molecule has 0 bridgehead atoms. The minimum absolute atomic E-state index is 0.150. The standard InChI is InChI=1S/C29H28FN3O4S/c1-3-4-9-26-32-28(34)27(29(35)33(26)24-16-12-19-7-5-6-8-23(19)24)38(36,37)21-13-10-20(11-14-21)22-15-17-25(30)31-18(22)2/h5-8,10-11,13-15,17,24,34H,3-4,9,12,16H2,1-2H3/t24-/m0/s1. The van der Waals surface area contributed by atoms with Crippen LogP contribution in [0.3, 0.4) is 0 Å². The SMILES string of the molecule is CCCCc1nc(O)c(S(=O)(=O)c2ccc(-c3ccc(F)nc3C)cc2)c(=O)n1[C@H]1CCc2ccccc21. The van der Waals surface area contributed by atoms with Crippen molar-refractivity contribution in [3.63, 3.8) is 0 Å². The van der Waals surface area contributed by atoms with E-state index in [0.717, 1.165) is 30.4 Å². The summed E-state index contributed by atoms with van der Waals surface area (Å²) in [5.41, 5.74) is 3.08. The molecule has 5 rings (SSSR count). The fourth-order valence-corrected chi connectivity index (χ4v) is 6.53. The molecule has 196 valence electrons. The molecule has 0 saturated heterocycles. The molecule has 0 fully saturated rings. The summed E-state index contributed by atoms with van der Waals surface area (Å²) in [6.07, 6.45) is 3.45. The van der Waals surface area contributed by atoms with Crippen LogP contribution < -0.4 is 5.56 Å². The zero-order chi connectivity index (χ0) is 27.0. The highest BCUT2D eigenvalue weighted by Crippen LogP contribution is 2.36. The van der Waals surface area contributed by atoms with Crippen molar-refractivity contribution in [2.24, 2.45) is 0 Å². The smallest absolute Gasteiger partial charge is 0.277 e. The number of aromatic hydroxyl groups is 1. The quantitative estimate of drug-likeness (QED) is 0.329. The second-order valence-electron chi connectivity index (χ2n) is 9.51. The predicted molar refractivity (Wildman–Crippen MR) is 141 cm³/mol. The van der Waals surface area contributed by atoms with Crippen molar-refractivity contribution in [2.75, 3.05) is 0 Å². The molecule has 0 aliphatic heterocycles. The topological polar surface area (TPSA) is 102 Å². The van der Waals surface area contributed by atoms with Gasteiger partial charge >= 0.3 is 0 Å². The van der Waals surface area contributed by atoms with E-state index in [-0.39, 0.29) is 10.9 Å². The summed E-state index contributed by atoms with van der Waals surface area (Å²) in [5.74, 6) is -1.01. The number of hydrogen-bond donors (Lipinski definition) is 1. The molecule has 0 radical (unpaired) electrons. The summed E-state index contributed by atoms with van der Waals surface area (Å²) < 4.78 is 42.3. The van der Waals surface area contributed by atoms with Crippen molar-refractivity contribution in [1.82, 2.24) is 14.5 Å². The van der Waals surface area contributed by atoms with Crippen LogP contribution in [0.2, 0.25) is 0 Å². The Bertz CT molecular complexity index is 1680. The van der Waals surface area contributed by atoms with Crippen molar-refractivity contribution < 1.29 is 17.9 Å². The fraction of sp³-hybridized carbons (Fsp3) is 0.276. The van der Waals surface area contributed by atoms with Gasteiger partial charge in [-0.1, -0.05) is 49.7 Å². The predicted octanol–water partition coefficient (Wildman–Crippen LogP) is 5.17. The Hall–Kier alpha value is -3.85. The van der Waals surface area contributed by atoms with Gasteiger partial charge in [-0.05, 0) is 67.1 Å². The lowest BCUT2D eigenvalue weighted by Gasteiger charge is -2.21. The van der Waals surface area contributed by atoms with Gasteiger partial charge in [0.25, 0.3) is 5.56 Å². The molecule has 0 unspecified atom stereocenters. The Morgan fingerprint density at radius 3 is 2.50 bits per heavy atom. The monoisotopic (exact) mass is 533 g/mol. The number of aryl methyl sites for hydroxylation is 3. The van der Waals surface area contributed by atoms with E-state index in [9.17, 15) is 22.7 Å². The van der Waals surface area contributed by atoms with Gasteiger partial charge in [0.15, 0.2) is 4.90 Å². The van der Waals surface area contributed by atoms with Crippen LogP contribution in [0, 0.1) is 12.9 Å². The molecule has 4 aromatic rings. The Labute approximate surface area is 220 Å². The van der Waals surface area contributed by atoms with E-state index >= 15 is 0 Å². The molecule has 0 spiro atoms. The number of sulfone groups is 1. The van der Waals surface area contributed by atoms with Crippen LogP contribution >= 0.6 is 0 Å². The number of halogens is 1. The van der Waals surface area contributed by atoms with Gasteiger partial charge in [-0.3, -0.25) is 9.36 Å². The summed E-state index contributed by atoms with van der Waals surface area (Å²) in [6.45, 7) is 3.68. The van der Waals surface area contributed by atoms with Crippen LogP contribution in [0.4, 0.5) is 4.39 Å². The molecule has 38 heavy (non-hydrogen) atoms. The first-order valence-electron chi connectivity index (χ1n) is 12.6. The summed E-state index contributed by atoms with van der Waals surface area (Å²) in [5, 5.41) is 10.8. The summed E-state index contributed by atoms with van der Waals surface area (Å²) in [4.78, 5) is 21.1. The minimum atomic E-state index is -4.40. The van der Waals surface area contributed by atoms with E-state index in [4.69, 9.17) is 0 Å². The van der Waals surface area contributed by atoms with Crippen molar-refractivity contribution >= 4 is 9.84 Å². The lowest BCUT2D eigenvalue weighted by molar-refractivity contribution is 0.408. The molecule has 2 aromatic carbocycles. The van der Waals surface area contributed by atoms with Crippen LogP contribution in [0.15, 0.2) is 75.2 Å². The van der Waals surface area contributed by atoms with E-state index in [0.29, 0.717) is 35.5 Å². The Morgan fingerprint density at radius 2 is 1.79 bits per heavy atom. The number of hydrogen-bond acceptors (Lipinski definition) is 6. The molecule has 7 nitrogen and oxygen atoms in total. The van der Waals surface area contributed by atoms with Gasteiger partial charge in [0, 0.05) is 17.7 Å². The van der Waals surface area contributed by atoms with Crippen molar-refractivity contribution in [1.29, 1.82) is 0 Å². The molecule has 2 aromatic heterocycles. The van der Waals surface area contributed by atoms with Crippen LogP contribution in [-0.4, -0.2) is 28.1 Å². The second kappa shape index (κ2) is 10.1. The number of unbranched alkanes of at least 4 members (excludes halogenated alkanes) is 1. The largest absolute Gasteiger partial charge is 0.492 e. The highest BCUT2D eigenvalue weighted by Gasteiger charge is 2.33. The van der Waals surface area contributed by atoms with Crippen molar-refractivity contribution in [2.45, 2.75) is 61.8 Å². The molecule has 9 heteroatoms. The van der Waals surface area contributed by atoms with Crippen LogP contribution in [0.1, 0.15) is 54.9 Å². The van der Waals surface area contributed by atoms with Gasteiger partial charge in [0.2, 0.25) is 21.7 Å². The molecular formula is C29H28FN3O4S. The maximum absolute atomic E-state index is 13.9. The van der Waals surface area contributed by atoms with Crippen molar-refractivity contribution in [3.05, 3.63) is 99.6 Å². The number of pyridine rings is 1. The van der Waals surface area contributed by atoms with Gasteiger partial charge in [-0.2, -0.15) is 9.37 Å². The first-order chi connectivity index (χ1) is 18.2. The highest BCUT2D eigenvalue weighted by atomic mass is 32.2. The third-order valence-electron chi connectivity index (χ3n) is 7.09. The molecule has 1 aliphatic rings. The van der Waals surface area contributed by atoms with Gasteiger partial charge in [-0.25, -0.2) is 13.4 Å². The third kappa shape index (κ3) is 4.51. The van der Waals surface area contributed by atoms with E-state index in [1.165, 1.54) is 22.8 Å². The molecule has 1 N–H and O–H groups in total. The van der Waals surface area contributed by atoms with E-state index in [1.807, 2.05) is 31.2 Å². The Balaban J connectivity index is 1.62. The molecule has 2 heterocycles. The summed E-state index contributed by atoms with van der Waals surface area (Å²) in [6, 6.07) is 16.1. The van der Waals surface area contributed by atoms with E-state index in [1.54, 1.807) is 25.1 Å². The maximum Gasteiger partial charge on any atom is 0.277 e. The fourth-order valence-electron chi connectivity index (χ4n) is 5.19. The van der Waals surface area contributed by atoms with E-state index < -0.39 is 32.1 Å². The van der Waals surface area contributed by atoms with Gasteiger partial charge in [-0.15, -0.1) is 0 Å². The molecule has 1 aliphatic carbocycles. The highest BCUT2D eigenvalue weighted by molar-refractivity contribution is 7.91. The summed E-state index contributed by atoms with van der Waals surface area (Å²) >= 11 is 0. The number of benzene rings is 2. The molecular weight excluding hydrogens is 505 g/mol. The number of aromatic nitrogens is 3. The normalized spacial score (nSPS) is 15.0. The van der Waals surface area contributed by atoms with Crippen LogP contribution in [0.25, 0.3) is 11.1 Å². The van der Waals surface area contributed by atoms with Crippen LogP contribution in [-0.2, 0) is 22.7 Å². The first-order valence-corrected chi connectivity index (χ1v) is 14.1. The molecule has 0 saturated carbocycles. The molecule has 0 amide bonds. The number of rotatable bonds is 7. The van der Waals surface area contributed by atoms with E-state index in [2.05, 4.69) is 9.97 Å². The first kappa shape index (κ1) is 25.8. The average molecular weight is 534 g/mol. The van der Waals surface area contributed by atoms with Crippen LogP contribution in [0.5, 0.6) is 5.88 Å². The van der Waals surface area contributed by atoms with Gasteiger partial charge in [0.05, 0.1) is 10.9 Å². The maximum atomic E-state index is 13.9. The molecule has 1 atom stereocenters. The minimum Gasteiger partial charge on any atom is -0.492 e. The van der Waals surface area contributed by atoms with Crippen molar-refractivity contribution in [3.8, 4) is 17.0 Å². The summed E-state index contributed by atoms with van der Waals surface area (Å²) in [7, 11) is -4.40. The van der Waals surface area contributed by atoms with Gasteiger partial charge in [0.1, 0.15) is 5.82 Å². The third-order valence-corrected chi connectivity index (χ3v) is 8.88. The Morgan fingerprint density at radius 1 is 1.05 bits per heavy atom. The zero-order valence-electron chi connectivity index (χ0n) is 21.2. The zero-order valence-corrected chi connectivity index (χ0v) is 22.0. The van der Waals surface area contributed by atoms with Gasteiger partial charge < -0.3 is 5.11 Å². The Kier molecular flexibility index (Phi) is 6.88. The number of fused-ring (bicyclic) bond motifs is 1. The number of nitrogens with zero attached hydrogens (tertiary/aromatic N) is 3. The second-order valence-corrected chi connectivity index (χ2v) is 11.4. The lowest BCUT2D eigenvalue weighted by atomic mass is 10.1. The lowest BCUT2D eigenvalue weighted by Crippen LogP contribution is -2.33. The average Bonchev–Trinajstić information content (AvgIpc) is 3.31.